The predicted molar refractivity (Wildman–Crippen MR) is 87.5 cm³/mol. The third-order valence-electron chi connectivity index (χ3n) is 3.13. The molecule has 0 aliphatic heterocycles. The van der Waals surface area contributed by atoms with Gasteiger partial charge in [-0.1, -0.05) is 39.7 Å². The van der Waals surface area contributed by atoms with Gasteiger partial charge in [0.1, 0.15) is 11.5 Å². The Morgan fingerprint density at radius 2 is 1.85 bits per heavy atom. The van der Waals surface area contributed by atoms with Gasteiger partial charge in [-0.15, -0.1) is 0 Å². The Kier molecular flexibility index (Phi) is 4.84. The van der Waals surface area contributed by atoms with E-state index in [-0.39, 0.29) is 6.04 Å². The SMILES string of the molecule is Cc1ccc(Oc2cc(Br)ccc2C)c(CC(C)N)c1. The molecule has 20 heavy (non-hydrogen) atoms. The molecule has 106 valence electrons. The molecule has 1 atom stereocenters. The van der Waals surface area contributed by atoms with Crippen LogP contribution in [0.15, 0.2) is 40.9 Å². The molecule has 3 heteroatoms. The summed E-state index contributed by atoms with van der Waals surface area (Å²) in [7, 11) is 0. The first-order chi connectivity index (χ1) is 9.45. The minimum absolute atomic E-state index is 0.114. The minimum Gasteiger partial charge on any atom is -0.457 e. The molecule has 2 aromatic carbocycles. The molecule has 0 spiro atoms. The fourth-order valence-corrected chi connectivity index (χ4v) is 2.46. The van der Waals surface area contributed by atoms with E-state index in [4.69, 9.17) is 10.5 Å². The second kappa shape index (κ2) is 6.42. The normalized spacial score (nSPS) is 12.2. The summed E-state index contributed by atoms with van der Waals surface area (Å²) >= 11 is 3.48. The molecule has 0 amide bonds. The van der Waals surface area contributed by atoms with Crippen LogP contribution in [0.25, 0.3) is 0 Å². The van der Waals surface area contributed by atoms with Crippen LogP contribution in [0, 0.1) is 13.8 Å². The number of nitrogens with two attached hydrogens (primary N) is 1. The monoisotopic (exact) mass is 333 g/mol. The number of hydrogen-bond acceptors (Lipinski definition) is 2. The van der Waals surface area contributed by atoms with Crippen molar-refractivity contribution >= 4 is 15.9 Å². The fourth-order valence-electron chi connectivity index (χ4n) is 2.12. The molecule has 2 rings (SSSR count). The maximum Gasteiger partial charge on any atom is 0.131 e. The summed E-state index contributed by atoms with van der Waals surface area (Å²) in [6.45, 7) is 6.14. The Hall–Kier alpha value is -1.32. The highest BCUT2D eigenvalue weighted by atomic mass is 79.9. The molecular weight excluding hydrogens is 314 g/mol. The molecule has 0 saturated carbocycles. The van der Waals surface area contributed by atoms with Gasteiger partial charge in [0.25, 0.3) is 0 Å². The first-order valence-corrected chi connectivity index (χ1v) is 7.54. The molecule has 0 aliphatic carbocycles. The van der Waals surface area contributed by atoms with E-state index >= 15 is 0 Å². The van der Waals surface area contributed by atoms with Gasteiger partial charge >= 0.3 is 0 Å². The molecule has 0 radical (unpaired) electrons. The van der Waals surface area contributed by atoms with Gasteiger partial charge in [-0.25, -0.2) is 0 Å². The predicted octanol–water partition coefficient (Wildman–Crippen LogP) is 4.75. The summed E-state index contributed by atoms with van der Waals surface area (Å²) in [5.41, 5.74) is 9.41. The molecule has 0 aromatic heterocycles. The highest BCUT2D eigenvalue weighted by molar-refractivity contribution is 9.10. The number of rotatable bonds is 4. The van der Waals surface area contributed by atoms with Crippen molar-refractivity contribution < 1.29 is 4.74 Å². The van der Waals surface area contributed by atoms with Gasteiger partial charge in [0.2, 0.25) is 0 Å². The largest absolute Gasteiger partial charge is 0.457 e. The standard InChI is InChI=1S/C17H20BrNO/c1-11-4-7-16(14(8-11)9-13(3)19)20-17-10-15(18)6-5-12(17)2/h4-8,10,13H,9,19H2,1-3H3. The average molecular weight is 334 g/mol. The van der Waals surface area contributed by atoms with E-state index in [1.165, 1.54) is 5.56 Å². The van der Waals surface area contributed by atoms with Crippen molar-refractivity contribution in [3.05, 3.63) is 57.6 Å². The number of ether oxygens (including phenoxy) is 1. The lowest BCUT2D eigenvalue weighted by Crippen LogP contribution is -2.18. The third kappa shape index (κ3) is 3.84. The fraction of sp³-hybridized carbons (Fsp3) is 0.294. The van der Waals surface area contributed by atoms with Gasteiger partial charge in [0.15, 0.2) is 0 Å². The third-order valence-corrected chi connectivity index (χ3v) is 3.62. The quantitative estimate of drug-likeness (QED) is 0.876. The highest BCUT2D eigenvalue weighted by Crippen LogP contribution is 2.31. The van der Waals surface area contributed by atoms with Crippen molar-refractivity contribution in [1.82, 2.24) is 0 Å². The maximum atomic E-state index is 6.09. The van der Waals surface area contributed by atoms with E-state index in [0.717, 1.165) is 33.5 Å². The zero-order chi connectivity index (χ0) is 14.7. The van der Waals surface area contributed by atoms with Gasteiger partial charge in [-0.05, 0) is 56.5 Å². The van der Waals surface area contributed by atoms with Gasteiger partial charge in [-0.2, -0.15) is 0 Å². The molecule has 0 heterocycles. The molecule has 0 aliphatic rings. The van der Waals surface area contributed by atoms with Crippen molar-refractivity contribution in [1.29, 1.82) is 0 Å². The van der Waals surface area contributed by atoms with E-state index < -0.39 is 0 Å². The van der Waals surface area contributed by atoms with E-state index in [2.05, 4.69) is 35.0 Å². The number of hydrogen-bond donors (Lipinski definition) is 1. The van der Waals surface area contributed by atoms with Gasteiger partial charge in [0.05, 0.1) is 0 Å². The van der Waals surface area contributed by atoms with Gasteiger partial charge < -0.3 is 10.5 Å². The molecular formula is C17H20BrNO. The summed E-state index contributed by atoms with van der Waals surface area (Å²) in [6.07, 6.45) is 0.810. The van der Waals surface area contributed by atoms with Crippen LogP contribution in [-0.2, 0) is 6.42 Å². The van der Waals surface area contributed by atoms with Crippen molar-refractivity contribution in [2.45, 2.75) is 33.2 Å². The lowest BCUT2D eigenvalue weighted by atomic mass is 10.0. The van der Waals surface area contributed by atoms with E-state index in [9.17, 15) is 0 Å². The molecule has 2 N–H and O–H groups in total. The second-order valence-electron chi connectivity index (χ2n) is 5.30. The Bertz CT molecular complexity index is 608. The lowest BCUT2D eigenvalue weighted by molar-refractivity contribution is 0.470. The first-order valence-electron chi connectivity index (χ1n) is 6.75. The topological polar surface area (TPSA) is 35.2 Å². The maximum absolute atomic E-state index is 6.09. The Labute approximate surface area is 129 Å². The van der Waals surface area contributed by atoms with Crippen LogP contribution in [0.3, 0.4) is 0 Å². The van der Waals surface area contributed by atoms with Gasteiger partial charge in [-0.3, -0.25) is 0 Å². The average Bonchev–Trinajstić information content (AvgIpc) is 2.36. The van der Waals surface area contributed by atoms with Crippen LogP contribution in [0.1, 0.15) is 23.6 Å². The van der Waals surface area contributed by atoms with Crippen LogP contribution < -0.4 is 10.5 Å². The Balaban J connectivity index is 2.35. The van der Waals surface area contributed by atoms with E-state index in [1.54, 1.807) is 0 Å². The van der Waals surface area contributed by atoms with E-state index in [0.29, 0.717) is 0 Å². The summed E-state index contributed by atoms with van der Waals surface area (Å²) in [5, 5.41) is 0. The van der Waals surface area contributed by atoms with Crippen LogP contribution in [0.5, 0.6) is 11.5 Å². The Morgan fingerprint density at radius 3 is 2.55 bits per heavy atom. The van der Waals surface area contributed by atoms with Crippen LogP contribution >= 0.6 is 15.9 Å². The van der Waals surface area contributed by atoms with Crippen molar-refractivity contribution in [3.8, 4) is 11.5 Å². The lowest BCUT2D eigenvalue weighted by Gasteiger charge is -2.15. The zero-order valence-corrected chi connectivity index (χ0v) is 13.7. The summed E-state index contributed by atoms with van der Waals surface area (Å²) in [5.74, 6) is 1.75. The minimum atomic E-state index is 0.114. The molecule has 0 fully saturated rings. The first kappa shape index (κ1) is 15.1. The van der Waals surface area contributed by atoms with Crippen LogP contribution in [-0.4, -0.2) is 6.04 Å². The van der Waals surface area contributed by atoms with E-state index in [1.807, 2.05) is 38.1 Å². The van der Waals surface area contributed by atoms with Crippen molar-refractivity contribution in [2.24, 2.45) is 5.73 Å². The molecule has 0 bridgehead atoms. The van der Waals surface area contributed by atoms with Crippen LogP contribution in [0.2, 0.25) is 0 Å². The van der Waals surface area contributed by atoms with Crippen molar-refractivity contribution in [2.75, 3.05) is 0 Å². The summed E-state index contributed by atoms with van der Waals surface area (Å²) in [4.78, 5) is 0. The summed E-state index contributed by atoms with van der Waals surface area (Å²) in [6, 6.07) is 12.4. The van der Waals surface area contributed by atoms with Gasteiger partial charge in [0, 0.05) is 10.5 Å². The number of halogens is 1. The highest BCUT2D eigenvalue weighted by Gasteiger charge is 2.09. The second-order valence-corrected chi connectivity index (χ2v) is 6.22. The number of benzene rings is 2. The van der Waals surface area contributed by atoms with Crippen LogP contribution in [0.4, 0.5) is 0 Å². The number of aryl methyl sites for hydroxylation is 2. The summed E-state index contributed by atoms with van der Waals surface area (Å²) < 4.78 is 7.10. The van der Waals surface area contributed by atoms with Crippen molar-refractivity contribution in [3.63, 3.8) is 0 Å². The molecule has 1 unspecified atom stereocenters. The molecule has 0 saturated heterocycles. The molecule has 2 aromatic rings. The smallest absolute Gasteiger partial charge is 0.131 e. The zero-order valence-electron chi connectivity index (χ0n) is 12.1. The Morgan fingerprint density at radius 1 is 1.10 bits per heavy atom. The molecule has 2 nitrogen and oxygen atoms in total.